The van der Waals surface area contributed by atoms with Crippen LogP contribution in [0, 0.1) is 5.92 Å². The summed E-state index contributed by atoms with van der Waals surface area (Å²) in [7, 11) is 0. The van der Waals surface area contributed by atoms with Gasteiger partial charge in [0.25, 0.3) is 5.91 Å². The molecule has 0 aliphatic rings. The molecule has 0 spiro atoms. The van der Waals surface area contributed by atoms with E-state index in [4.69, 9.17) is 0 Å². The molecule has 5 nitrogen and oxygen atoms in total. The molecule has 21 heavy (non-hydrogen) atoms. The first-order valence-corrected chi connectivity index (χ1v) is 7.98. The van der Waals surface area contributed by atoms with Gasteiger partial charge in [-0.25, -0.2) is 0 Å². The molecule has 0 unspecified atom stereocenters. The summed E-state index contributed by atoms with van der Waals surface area (Å²) in [6.45, 7) is 4.54. The van der Waals surface area contributed by atoms with Gasteiger partial charge in [-0.2, -0.15) is 16.4 Å². The van der Waals surface area contributed by atoms with Crippen LogP contribution in [-0.4, -0.2) is 33.9 Å². The van der Waals surface area contributed by atoms with Crippen LogP contribution in [0.1, 0.15) is 35.8 Å². The van der Waals surface area contributed by atoms with E-state index in [0.29, 0.717) is 12.1 Å². The van der Waals surface area contributed by atoms with Crippen molar-refractivity contribution in [1.29, 1.82) is 0 Å². The van der Waals surface area contributed by atoms with Gasteiger partial charge in [0.1, 0.15) is 0 Å². The number of carbonyl (C=O) groups excluding carboxylic acids is 1. The van der Waals surface area contributed by atoms with Gasteiger partial charge in [-0.3, -0.25) is 9.48 Å². The van der Waals surface area contributed by atoms with Crippen molar-refractivity contribution in [3.63, 3.8) is 0 Å². The van der Waals surface area contributed by atoms with Gasteiger partial charge >= 0.3 is 0 Å². The van der Waals surface area contributed by atoms with Crippen LogP contribution in [0.4, 0.5) is 0 Å². The Balaban J connectivity index is 1.86. The van der Waals surface area contributed by atoms with Crippen LogP contribution in [0.5, 0.6) is 0 Å². The van der Waals surface area contributed by atoms with E-state index in [9.17, 15) is 9.90 Å². The molecular formula is C15H21N3O2S. The first kappa shape index (κ1) is 15.7. The van der Waals surface area contributed by atoms with E-state index in [1.807, 2.05) is 25.3 Å². The Hall–Kier alpha value is -1.66. The summed E-state index contributed by atoms with van der Waals surface area (Å²) in [5.74, 6) is -0.116. The third kappa shape index (κ3) is 4.41. The first-order chi connectivity index (χ1) is 10.1. The SMILES string of the molecule is CC(C)n1cc(C(=O)NC[C@@H](CO)Cc2ccsc2)cn1. The van der Waals surface area contributed by atoms with Gasteiger partial charge in [-0.1, -0.05) is 0 Å². The Labute approximate surface area is 128 Å². The van der Waals surface area contributed by atoms with Crippen LogP contribution in [0.25, 0.3) is 0 Å². The van der Waals surface area contributed by atoms with Crippen molar-refractivity contribution in [2.75, 3.05) is 13.2 Å². The number of carbonyl (C=O) groups is 1. The number of hydrogen-bond donors (Lipinski definition) is 2. The standard InChI is InChI=1S/C15H21N3O2S/c1-11(2)18-8-14(7-17-18)15(20)16-6-13(9-19)5-12-3-4-21-10-12/h3-4,7-8,10-11,13,19H,5-6,9H2,1-2H3,(H,16,20)/t13-/m0/s1. The highest BCUT2D eigenvalue weighted by Crippen LogP contribution is 2.12. The summed E-state index contributed by atoms with van der Waals surface area (Å²) < 4.78 is 1.75. The van der Waals surface area contributed by atoms with E-state index in [0.717, 1.165) is 6.42 Å². The second kappa shape index (κ2) is 7.38. The number of hydrogen-bond acceptors (Lipinski definition) is 4. The molecule has 0 aromatic carbocycles. The zero-order valence-corrected chi connectivity index (χ0v) is 13.1. The van der Waals surface area contributed by atoms with E-state index in [1.165, 1.54) is 5.56 Å². The van der Waals surface area contributed by atoms with Crippen molar-refractivity contribution in [3.05, 3.63) is 40.3 Å². The molecule has 0 aliphatic carbocycles. The minimum Gasteiger partial charge on any atom is -0.396 e. The zero-order valence-electron chi connectivity index (χ0n) is 12.3. The third-order valence-corrected chi connectivity index (χ3v) is 4.04. The Bertz CT molecular complexity index is 563. The molecule has 0 aliphatic heterocycles. The van der Waals surface area contributed by atoms with Crippen molar-refractivity contribution in [3.8, 4) is 0 Å². The Morgan fingerprint density at radius 2 is 2.33 bits per heavy atom. The molecule has 2 rings (SSSR count). The first-order valence-electron chi connectivity index (χ1n) is 7.04. The van der Waals surface area contributed by atoms with Gasteiger partial charge < -0.3 is 10.4 Å². The topological polar surface area (TPSA) is 67.2 Å². The molecule has 1 atom stereocenters. The molecule has 0 radical (unpaired) electrons. The third-order valence-electron chi connectivity index (χ3n) is 3.31. The lowest BCUT2D eigenvalue weighted by atomic mass is 10.0. The van der Waals surface area contributed by atoms with Gasteiger partial charge in [-0.15, -0.1) is 0 Å². The van der Waals surface area contributed by atoms with Crippen molar-refractivity contribution in [2.45, 2.75) is 26.3 Å². The van der Waals surface area contributed by atoms with E-state index >= 15 is 0 Å². The van der Waals surface area contributed by atoms with E-state index < -0.39 is 0 Å². The Kier molecular flexibility index (Phi) is 5.52. The molecule has 2 aromatic heterocycles. The fraction of sp³-hybridized carbons (Fsp3) is 0.467. The zero-order chi connectivity index (χ0) is 15.2. The molecule has 0 saturated carbocycles. The van der Waals surface area contributed by atoms with Gasteiger partial charge in [0.05, 0.1) is 11.8 Å². The number of aliphatic hydroxyl groups excluding tert-OH is 1. The predicted molar refractivity (Wildman–Crippen MR) is 83.5 cm³/mol. The largest absolute Gasteiger partial charge is 0.396 e. The number of amides is 1. The Morgan fingerprint density at radius 3 is 2.90 bits per heavy atom. The van der Waals surface area contributed by atoms with E-state index in [2.05, 4.69) is 15.8 Å². The molecule has 0 fully saturated rings. The van der Waals surface area contributed by atoms with Crippen LogP contribution in [-0.2, 0) is 6.42 Å². The predicted octanol–water partition coefficient (Wildman–Crippen LogP) is 2.11. The van der Waals surface area contributed by atoms with Crippen molar-refractivity contribution >= 4 is 17.2 Å². The molecule has 2 heterocycles. The number of aromatic nitrogens is 2. The van der Waals surface area contributed by atoms with Gasteiger partial charge in [0, 0.05) is 31.3 Å². The fourth-order valence-electron chi connectivity index (χ4n) is 2.02. The summed E-state index contributed by atoms with van der Waals surface area (Å²) >= 11 is 1.64. The normalized spacial score (nSPS) is 12.6. The van der Waals surface area contributed by atoms with Crippen LogP contribution < -0.4 is 5.32 Å². The highest BCUT2D eigenvalue weighted by molar-refractivity contribution is 7.07. The maximum Gasteiger partial charge on any atom is 0.254 e. The second-order valence-electron chi connectivity index (χ2n) is 5.40. The molecule has 2 aromatic rings. The molecule has 6 heteroatoms. The van der Waals surface area contributed by atoms with Crippen molar-refractivity contribution in [2.24, 2.45) is 5.92 Å². The van der Waals surface area contributed by atoms with Crippen molar-refractivity contribution < 1.29 is 9.90 Å². The highest BCUT2D eigenvalue weighted by Gasteiger charge is 2.13. The maximum absolute atomic E-state index is 12.1. The summed E-state index contributed by atoms with van der Waals surface area (Å²) in [5, 5.41) is 20.5. The lowest BCUT2D eigenvalue weighted by Gasteiger charge is -2.14. The minimum absolute atomic E-state index is 0.0312. The van der Waals surface area contributed by atoms with Crippen molar-refractivity contribution in [1.82, 2.24) is 15.1 Å². The number of nitrogens with one attached hydrogen (secondary N) is 1. The lowest BCUT2D eigenvalue weighted by Crippen LogP contribution is -2.31. The average Bonchev–Trinajstić information content (AvgIpc) is 3.13. The maximum atomic E-state index is 12.1. The lowest BCUT2D eigenvalue weighted by molar-refractivity contribution is 0.0940. The summed E-state index contributed by atoms with van der Waals surface area (Å²) in [5.41, 5.74) is 1.75. The quantitative estimate of drug-likeness (QED) is 0.823. The smallest absolute Gasteiger partial charge is 0.254 e. The van der Waals surface area contributed by atoms with Gasteiger partial charge in [0.2, 0.25) is 0 Å². The number of thiophene rings is 1. The van der Waals surface area contributed by atoms with Gasteiger partial charge in [-0.05, 0) is 42.7 Å². The monoisotopic (exact) mass is 307 g/mol. The van der Waals surface area contributed by atoms with Crippen LogP contribution in [0.15, 0.2) is 29.2 Å². The average molecular weight is 307 g/mol. The number of nitrogens with zero attached hydrogens (tertiary/aromatic N) is 2. The molecule has 114 valence electrons. The van der Waals surface area contributed by atoms with Crippen LogP contribution in [0.3, 0.4) is 0 Å². The second-order valence-corrected chi connectivity index (χ2v) is 6.18. The summed E-state index contributed by atoms with van der Waals surface area (Å²) in [6, 6.07) is 2.28. The van der Waals surface area contributed by atoms with Gasteiger partial charge in [0.15, 0.2) is 0 Å². The number of rotatable bonds is 7. The molecule has 2 N–H and O–H groups in total. The summed E-state index contributed by atoms with van der Waals surface area (Å²) in [4.78, 5) is 12.1. The highest BCUT2D eigenvalue weighted by atomic mass is 32.1. The minimum atomic E-state index is -0.148. The molecular weight excluding hydrogens is 286 g/mol. The van der Waals surface area contributed by atoms with Crippen LogP contribution >= 0.6 is 11.3 Å². The summed E-state index contributed by atoms with van der Waals surface area (Å²) in [6.07, 6.45) is 4.08. The van der Waals surface area contributed by atoms with Crippen LogP contribution in [0.2, 0.25) is 0 Å². The van der Waals surface area contributed by atoms with E-state index in [1.54, 1.807) is 28.4 Å². The van der Waals surface area contributed by atoms with E-state index in [-0.39, 0.29) is 24.5 Å². The fourth-order valence-corrected chi connectivity index (χ4v) is 2.70. The molecule has 0 bridgehead atoms. The Morgan fingerprint density at radius 1 is 1.52 bits per heavy atom. The molecule has 0 saturated heterocycles. The molecule has 1 amide bonds. The number of aliphatic hydroxyl groups is 1.